The van der Waals surface area contributed by atoms with Crippen molar-refractivity contribution in [2.24, 2.45) is 5.92 Å². The average molecular weight is 245 g/mol. The molecule has 2 saturated carbocycles. The maximum absolute atomic E-state index is 11.6. The van der Waals surface area contributed by atoms with Crippen LogP contribution in [-0.2, 0) is 9.84 Å². The van der Waals surface area contributed by atoms with E-state index in [-0.39, 0.29) is 11.3 Å². The highest BCUT2D eigenvalue weighted by Gasteiger charge is 2.42. The van der Waals surface area contributed by atoms with E-state index in [2.05, 4.69) is 12.2 Å². The van der Waals surface area contributed by atoms with Gasteiger partial charge in [0.15, 0.2) is 9.84 Å². The summed E-state index contributed by atoms with van der Waals surface area (Å²) in [6.07, 6.45) is 8.10. The second-order valence-electron chi connectivity index (χ2n) is 5.46. The van der Waals surface area contributed by atoms with Crippen LogP contribution in [0.15, 0.2) is 0 Å². The SMILES string of the molecule is CCCC1CC1NC1CCCC1S(C)(=O)=O. The normalized spacial score (nSPS) is 38.9. The van der Waals surface area contributed by atoms with Crippen molar-refractivity contribution in [2.75, 3.05) is 6.26 Å². The van der Waals surface area contributed by atoms with E-state index in [0.29, 0.717) is 6.04 Å². The number of hydrogen-bond acceptors (Lipinski definition) is 3. The molecule has 0 radical (unpaired) electrons. The predicted octanol–water partition coefficient (Wildman–Crippen LogP) is 1.73. The van der Waals surface area contributed by atoms with Crippen LogP contribution in [0, 0.1) is 5.92 Å². The topological polar surface area (TPSA) is 46.2 Å². The van der Waals surface area contributed by atoms with Crippen LogP contribution in [0.3, 0.4) is 0 Å². The molecule has 0 aromatic carbocycles. The molecule has 0 aromatic heterocycles. The van der Waals surface area contributed by atoms with E-state index in [4.69, 9.17) is 0 Å². The molecule has 0 heterocycles. The minimum Gasteiger partial charge on any atom is -0.310 e. The van der Waals surface area contributed by atoms with Gasteiger partial charge in [-0.1, -0.05) is 19.8 Å². The predicted molar refractivity (Wildman–Crippen MR) is 66.2 cm³/mol. The molecule has 16 heavy (non-hydrogen) atoms. The summed E-state index contributed by atoms with van der Waals surface area (Å²) in [7, 11) is -2.86. The fraction of sp³-hybridized carbons (Fsp3) is 1.00. The first-order chi connectivity index (χ1) is 7.52. The summed E-state index contributed by atoms with van der Waals surface area (Å²) in [6, 6.07) is 0.828. The molecule has 4 heteroatoms. The third-order valence-corrected chi connectivity index (χ3v) is 5.68. The highest BCUT2D eigenvalue weighted by molar-refractivity contribution is 7.91. The molecule has 0 aliphatic heterocycles. The number of rotatable bonds is 5. The molecule has 0 saturated heterocycles. The maximum Gasteiger partial charge on any atom is 0.151 e. The third-order valence-electron chi connectivity index (χ3n) is 4.01. The van der Waals surface area contributed by atoms with E-state index in [0.717, 1.165) is 25.2 Å². The Morgan fingerprint density at radius 2 is 2.00 bits per heavy atom. The van der Waals surface area contributed by atoms with Gasteiger partial charge in [-0.05, 0) is 31.6 Å². The highest BCUT2D eigenvalue weighted by atomic mass is 32.2. The Balaban J connectivity index is 1.86. The van der Waals surface area contributed by atoms with Gasteiger partial charge in [0, 0.05) is 18.3 Å². The molecule has 0 spiro atoms. The van der Waals surface area contributed by atoms with Crippen LogP contribution in [0.4, 0.5) is 0 Å². The molecule has 2 aliphatic rings. The minimum atomic E-state index is -2.86. The van der Waals surface area contributed by atoms with Crippen molar-refractivity contribution < 1.29 is 8.42 Å². The van der Waals surface area contributed by atoms with Gasteiger partial charge in [-0.25, -0.2) is 8.42 Å². The zero-order valence-electron chi connectivity index (χ0n) is 10.3. The average Bonchev–Trinajstić information content (AvgIpc) is 2.74. The fourth-order valence-electron chi connectivity index (χ4n) is 3.05. The van der Waals surface area contributed by atoms with Gasteiger partial charge < -0.3 is 5.32 Å². The third kappa shape index (κ3) is 2.77. The molecule has 4 unspecified atom stereocenters. The largest absolute Gasteiger partial charge is 0.310 e. The van der Waals surface area contributed by atoms with Crippen LogP contribution in [0.2, 0.25) is 0 Å². The van der Waals surface area contributed by atoms with Crippen LogP contribution >= 0.6 is 0 Å². The van der Waals surface area contributed by atoms with Crippen molar-refractivity contribution in [2.45, 2.75) is 62.8 Å². The van der Waals surface area contributed by atoms with Crippen molar-refractivity contribution in [1.82, 2.24) is 5.32 Å². The van der Waals surface area contributed by atoms with Crippen LogP contribution in [0.1, 0.15) is 45.4 Å². The van der Waals surface area contributed by atoms with Gasteiger partial charge in [0.2, 0.25) is 0 Å². The van der Waals surface area contributed by atoms with Gasteiger partial charge in [-0.3, -0.25) is 0 Å². The summed E-state index contributed by atoms with van der Waals surface area (Å²) in [5.41, 5.74) is 0. The van der Waals surface area contributed by atoms with Crippen LogP contribution in [0.25, 0.3) is 0 Å². The van der Waals surface area contributed by atoms with Gasteiger partial charge in [-0.2, -0.15) is 0 Å². The van der Waals surface area contributed by atoms with E-state index in [1.165, 1.54) is 25.5 Å². The first kappa shape index (κ1) is 12.4. The smallest absolute Gasteiger partial charge is 0.151 e. The summed E-state index contributed by atoms with van der Waals surface area (Å²) in [5.74, 6) is 0.811. The lowest BCUT2D eigenvalue weighted by atomic mass is 10.2. The summed E-state index contributed by atoms with van der Waals surface area (Å²) in [6.45, 7) is 2.21. The van der Waals surface area contributed by atoms with E-state index < -0.39 is 9.84 Å². The Labute approximate surface area is 98.9 Å². The number of sulfone groups is 1. The molecule has 2 rings (SSSR count). The first-order valence-electron chi connectivity index (χ1n) is 6.47. The van der Waals surface area contributed by atoms with Gasteiger partial charge >= 0.3 is 0 Å². The molecular formula is C12H23NO2S. The van der Waals surface area contributed by atoms with E-state index in [1.54, 1.807) is 0 Å². The Kier molecular flexibility index (Phi) is 3.59. The van der Waals surface area contributed by atoms with E-state index in [9.17, 15) is 8.42 Å². The van der Waals surface area contributed by atoms with Crippen LogP contribution in [-0.4, -0.2) is 32.0 Å². The number of nitrogens with one attached hydrogen (secondary N) is 1. The lowest BCUT2D eigenvalue weighted by Crippen LogP contribution is -2.41. The Hall–Kier alpha value is -0.0900. The first-order valence-corrected chi connectivity index (χ1v) is 8.42. The molecule has 4 atom stereocenters. The summed E-state index contributed by atoms with van der Waals surface area (Å²) >= 11 is 0. The van der Waals surface area contributed by atoms with Crippen molar-refractivity contribution in [3.8, 4) is 0 Å². The highest BCUT2D eigenvalue weighted by Crippen LogP contribution is 2.37. The molecule has 2 aliphatic carbocycles. The minimum absolute atomic E-state index is 0.129. The van der Waals surface area contributed by atoms with Crippen LogP contribution < -0.4 is 5.32 Å². The zero-order valence-corrected chi connectivity index (χ0v) is 11.1. The van der Waals surface area contributed by atoms with Crippen molar-refractivity contribution >= 4 is 9.84 Å². The Bertz CT molecular complexity index is 339. The van der Waals surface area contributed by atoms with Gasteiger partial charge in [-0.15, -0.1) is 0 Å². The van der Waals surface area contributed by atoms with Gasteiger partial charge in [0.25, 0.3) is 0 Å². The molecular weight excluding hydrogens is 222 g/mol. The summed E-state index contributed by atoms with van der Waals surface area (Å²) in [4.78, 5) is 0. The standard InChI is InChI=1S/C12H23NO2S/c1-3-5-9-8-11(9)13-10-6-4-7-12(10)16(2,14)15/h9-13H,3-8H2,1-2H3. The van der Waals surface area contributed by atoms with E-state index in [1.807, 2.05) is 0 Å². The molecule has 0 aromatic rings. The molecule has 3 nitrogen and oxygen atoms in total. The second-order valence-corrected chi connectivity index (χ2v) is 7.73. The summed E-state index contributed by atoms with van der Waals surface area (Å²) < 4.78 is 23.2. The van der Waals surface area contributed by atoms with Gasteiger partial charge in [0.05, 0.1) is 5.25 Å². The molecule has 0 amide bonds. The maximum atomic E-state index is 11.6. The fourth-order valence-corrected chi connectivity index (χ4v) is 4.45. The Morgan fingerprint density at radius 1 is 1.25 bits per heavy atom. The molecule has 0 bridgehead atoms. The second kappa shape index (κ2) is 4.65. The van der Waals surface area contributed by atoms with Crippen molar-refractivity contribution in [3.05, 3.63) is 0 Å². The lowest BCUT2D eigenvalue weighted by molar-refractivity contribution is 0.484. The quantitative estimate of drug-likeness (QED) is 0.802. The van der Waals surface area contributed by atoms with Crippen molar-refractivity contribution in [1.29, 1.82) is 0 Å². The van der Waals surface area contributed by atoms with E-state index >= 15 is 0 Å². The summed E-state index contributed by atoms with van der Waals surface area (Å²) in [5, 5.41) is 3.44. The number of hydrogen-bond donors (Lipinski definition) is 1. The Morgan fingerprint density at radius 3 is 2.62 bits per heavy atom. The lowest BCUT2D eigenvalue weighted by Gasteiger charge is -2.19. The zero-order chi connectivity index (χ0) is 11.8. The molecule has 94 valence electrons. The monoisotopic (exact) mass is 245 g/mol. The molecule has 2 fully saturated rings. The van der Waals surface area contributed by atoms with Crippen molar-refractivity contribution in [3.63, 3.8) is 0 Å². The van der Waals surface area contributed by atoms with Gasteiger partial charge in [0.1, 0.15) is 0 Å². The van der Waals surface area contributed by atoms with Crippen LogP contribution in [0.5, 0.6) is 0 Å². The molecule has 1 N–H and O–H groups in total.